The Morgan fingerprint density at radius 3 is 1.59 bits per heavy atom. The maximum Gasteiger partial charge on any atom is 0.0309 e. The van der Waals surface area contributed by atoms with E-state index in [2.05, 4.69) is 166 Å². The van der Waals surface area contributed by atoms with E-state index >= 15 is 0 Å². The lowest BCUT2D eigenvalue weighted by atomic mass is 9.78. The van der Waals surface area contributed by atoms with Gasteiger partial charge in [0.1, 0.15) is 0 Å². The molecule has 322 valence electrons. The van der Waals surface area contributed by atoms with Crippen LogP contribution >= 0.6 is 0 Å². The standard InChI is InChI=1S/C20H30.C13H25N.C10H17N.C5H12.2C3H6/c1-6-18-19(20(18,4)5)14(3)13(2)17-11-15-9-7-8-10-16(15)12-17;1-10(2)8-9-12(13(5,6)7)14-11(3)4;1-7(6-10-4-5-10)8(2)9(3)11;1-5(2,3)4;2*1-3-2/h7-10,13-14,17-19H,6,11-12H2,1-5H3;12,14H,1,3,8-9H2,2,4-7H3;7,10H,2-6,11H2,1H3;1-4H3;2*3H,1H2,2H3. The maximum atomic E-state index is 5.54. The van der Waals surface area contributed by atoms with E-state index in [4.69, 9.17) is 5.73 Å². The summed E-state index contributed by atoms with van der Waals surface area (Å²) in [6.07, 6.45) is 13.7. The predicted molar refractivity (Wildman–Crippen MR) is 258 cm³/mol. The monoisotopic (exact) mass is 773 g/mol. The Balaban J connectivity index is 0. The topological polar surface area (TPSA) is 38.0 Å². The molecular formula is C54H96N2. The first-order chi connectivity index (χ1) is 25.6. The normalized spacial score (nSPS) is 19.7. The van der Waals surface area contributed by atoms with E-state index in [9.17, 15) is 0 Å². The number of hydrogen-bond donors (Lipinski definition) is 2. The molecule has 0 aliphatic heterocycles. The minimum Gasteiger partial charge on any atom is -0.399 e. The van der Waals surface area contributed by atoms with Crippen LogP contribution in [-0.4, -0.2) is 6.04 Å². The van der Waals surface area contributed by atoms with E-state index < -0.39 is 0 Å². The van der Waals surface area contributed by atoms with Gasteiger partial charge < -0.3 is 11.1 Å². The molecule has 0 bridgehead atoms. The fourth-order valence-corrected chi connectivity index (χ4v) is 8.05. The van der Waals surface area contributed by atoms with Crippen molar-refractivity contribution in [3.63, 3.8) is 0 Å². The number of fused-ring (bicyclic) bond motifs is 1. The highest BCUT2D eigenvalue weighted by molar-refractivity contribution is 5.32. The second-order valence-electron chi connectivity index (χ2n) is 20.8. The number of allylic oxidation sites excluding steroid dienone is 5. The summed E-state index contributed by atoms with van der Waals surface area (Å²) in [6.45, 7) is 60.1. The first-order valence-corrected chi connectivity index (χ1v) is 22.0. The molecule has 3 N–H and O–H groups in total. The summed E-state index contributed by atoms with van der Waals surface area (Å²) in [7, 11) is 0. The lowest BCUT2D eigenvalue weighted by molar-refractivity contribution is 0.224. The number of nitrogens with two attached hydrogens (primary N) is 1. The van der Waals surface area contributed by atoms with Gasteiger partial charge in [-0.25, -0.2) is 0 Å². The molecule has 2 heteroatoms. The first-order valence-electron chi connectivity index (χ1n) is 22.0. The Kier molecular flexibility index (Phi) is 26.0. The van der Waals surface area contributed by atoms with Crippen LogP contribution in [0, 0.1) is 57.7 Å². The van der Waals surface area contributed by atoms with Gasteiger partial charge in [0.15, 0.2) is 0 Å². The summed E-state index contributed by atoms with van der Waals surface area (Å²) in [5.74, 6) is 5.98. The molecule has 0 saturated heterocycles. The van der Waals surface area contributed by atoms with Crippen molar-refractivity contribution in [1.82, 2.24) is 5.32 Å². The molecule has 2 nitrogen and oxygen atoms in total. The van der Waals surface area contributed by atoms with Gasteiger partial charge in [-0.05, 0) is 134 Å². The van der Waals surface area contributed by atoms with Crippen molar-refractivity contribution >= 4 is 0 Å². The third kappa shape index (κ3) is 23.5. The van der Waals surface area contributed by atoms with E-state index in [-0.39, 0.29) is 5.41 Å². The zero-order valence-corrected chi connectivity index (χ0v) is 40.6. The molecule has 6 atom stereocenters. The molecule has 0 aromatic heterocycles. The van der Waals surface area contributed by atoms with Crippen LogP contribution in [-0.2, 0) is 12.8 Å². The van der Waals surface area contributed by atoms with Crippen molar-refractivity contribution in [3.05, 3.63) is 110 Å². The molecule has 3 aliphatic rings. The van der Waals surface area contributed by atoms with Gasteiger partial charge in [-0.3, -0.25) is 0 Å². The summed E-state index contributed by atoms with van der Waals surface area (Å²) in [4.78, 5) is 0. The van der Waals surface area contributed by atoms with E-state index in [0.29, 0.717) is 28.5 Å². The molecule has 2 fully saturated rings. The van der Waals surface area contributed by atoms with Crippen LogP contribution in [0.15, 0.2) is 98.4 Å². The van der Waals surface area contributed by atoms with Gasteiger partial charge in [0, 0.05) is 17.4 Å². The highest BCUT2D eigenvalue weighted by atomic mass is 14.9. The Labute approximate surface area is 352 Å². The Morgan fingerprint density at radius 2 is 1.29 bits per heavy atom. The van der Waals surface area contributed by atoms with Crippen molar-refractivity contribution in [2.45, 2.75) is 175 Å². The van der Waals surface area contributed by atoms with Crippen LogP contribution in [0.5, 0.6) is 0 Å². The molecule has 1 aromatic carbocycles. The van der Waals surface area contributed by atoms with Gasteiger partial charge in [0.2, 0.25) is 0 Å². The summed E-state index contributed by atoms with van der Waals surface area (Å²) in [6, 6.07) is 9.56. The summed E-state index contributed by atoms with van der Waals surface area (Å²) < 4.78 is 0. The fourth-order valence-electron chi connectivity index (χ4n) is 8.05. The van der Waals surface area contributed by atoms with Crippen molar-refractivity contribution < 1.29 is 0 Å². The highest BCUT2D eigenvalue weighted by Crippen LogP contribution is 2.65. The Morgan fingerprint density at radius 1 is 0.857 bits per heavy atom. The Hall–Kier alpha value is -2.74. The summed E-state index contributed by atoms with van der Waals surface area (Å²) in [5, 5.41) is 3.44. The van der Waals surface area contributed by atoms with Crippen molar-refractivity contribution in [2.75, 3.05) is 0 Å². The lowest BCUT2D eigenvalue weighted by Gasteiger charge is -2.32. The second kappa shape index (κ2) is 26.3. The third-order valence-electron chi connectivity index (χ3n) is 11.5. The van der Waals surface area contributed by atoms with E-state index in [1.165, 1.54) is 44.1 Å². The molecule has 3 aliphatic carbocycles. The second-order valence-corrected chi connectivity index (χ2v) is 20.8. The SMILES string of the molecule is C=C(C)CCC(NC(=C)C)C(C)(C)C.C=C(N)C(=C)C(C)CC1CC1.C=CC.C=CC.CC(C)(C)C.CCC1C(C(C)C(C)C2Cc3ccccc3C2)C1(C)C. The smallest absolute Gasteiger partial charge is 0.0309 e. The molecule has 1 aromatic rings. The number of benzene rings is 1. The average Bonchev–Trinajstić information content (AvgIpc) is 3.92. The quantitative estimate of drug-likeness (QED) is 0.155. The van der Waals surface area contributed by atoms with Crippen molar-refractivity contribution in [1.29, 1.82) is 0 Å². The zero-order valence-electron chi connectivity index (χ0n) is 40.6. The van der Waals surface area contributed by atoms with Crippen LogP contribution in [0.1, 0.15) is 167 Å². The number of rotatable bonds is 13. The van der Waals surface area contributed by atoms with Gasteiger partial charge >= 0.3 is 0 Å². The molecule has 4 rings (SSSR count). The molecule has 0 radical (unpaired) electrons. The lowest BCUT2D eigenvalue weighted by Crippen LogP contribution is -2.39. The van der Waals surface area contributed by atoms with Gasteiger partial charge in [0.25, 0.3) is 0 Å². The minimum atomic E-state index is 0.272. The minimum absolute atomic E-state index is 0.272. The van der Waals surface area contributed by atoms with Crippen LogP contribution in [0.4, 0.5) is 0 Å². The predicted octanol–water partition coefficient (Wildman–Crippen LogP) is 16.1. The van der Waals surface area contributed by atoms with Gasteiger partial charge in [-0.15, -0.1) is 19.7 Å². The first kappa shape index (κ1) is 55.4. The molecule has 56 heavy (non-hydrogen) atoms. The summed E-state index contributed by atoms with van der Waals surface area (Å²) >= 11 is 0. The fraction of sp³-hybridized carbons (Fsp3) is 0.667. The highest BCUT2D eigenvalue weighted by Gasteiger charge is 2.59. The van der Waals surface area contributed by atoms with E-state index in [1.54, 1.807) is 23.3 Å². The van der Waals surface area contributed by atoms with Gasteiger partial charge in [0.05, 0.1) is 0 Å². The maximum absolute atomic E-state index is 5.54. The van der Waals surface area contributed by atoms with E-state index in [1.807, 2.05) is 20.8 Å². The van der Waals surface area contributed by atoms with Crippen LogP contribution < -0.4 is 11.1 Å². The molecule has 2 saturated carbocycles. The molecular weight excluding hydrogens is 677 g/mol. The summed E-state index contributed by atoms with van der Waals surface area (Å²) in [5.41, 5.74) is 14.1. The van der Waals surface area contributed by atoms with Crippen LogP contribution in [0.3, 0.4) is 0 Å². The van der Waals surface area contributed by atoms with Crippen molar-refractivity contribution in [2.24, 2.45) is 63.4 Å². The molecule has 0 amide bonds. The van der Waals surface area contributed by atoms with Crippen molar-refractivity contribution in [3.8, 4) is 0 Å². The molecule has 6 unspecified atom stereocenters. The van der Waals surface area contributed by atoms with Crippen LogP contribution in [0.25, 0.3) is 0 Å². The molecule has 0 heterocycles. The largest absolute Gasteiger partial charge is 0.399 e. The molecule has 0 spiro atoms. The Bertz CT molecular complexity index is 1290. The number of hydrogen-bond acceptors (Lipinski definition) is 2. The van der Waals surface area contributed by atoms with Gasteiger partial charge in [-0.2, -0.15) is 0 Å². The number of nitrogens with one attached hydrogen (secondary N) is 1. The zero-order chi connectivity index (χ0) is 44.2. The van der Waals surface area contributed by atoms with Gasteiger partial charge in [-0.1, -0.05) is 171 Å². The average molecular weight is 773 g/mol. The third-order valence-corrected chi connectivity index (χ3v) is 11.5. The van der Waals surface area contributed by atoms with E-state index in [0.717, 1.165) is 59.6 Å². The van der Waals surface area contributed by atoms with Crippen LogP contribution in [0.2, 0.25) is 0 Å².